The Labute approximate surface area is 192 Å². The SMILES string of the molecule is Cc1nnc(C(C)C)n1C1C[C@H]2CC[C@@H](C1)N2CCCN(C(=O)C1CC1)c1ccccc1. The Morgan fingerprint density at radius 1 is 1.03 bits per heavy atom. The summed E-state index contributed by atoms with van der Waals surface area (Å²) in [6.45, 7) is 8.43. The molecule has 0 radical (unpaired) electrons. The summed E-state index contributed by atoms with van der Waals surface area (Å²) in [4.78, 5) is 17.7. The van der Waals surface area contributed by atoms with Crippen molar-refractivity contribution in [1.29, 1.82) is 0 Å². The van der Waals surface area contributed by atoms with Crippen LogP contribution in [-0.2, 0) is 4.79 Å². The molecule has 3 heterocycles. The summed E-state index contributed by atoms with van der Waals surface area (Å²) in [6, 6.07) is 12.0. The van der Waals surface area contributed by atoms with Crippen LogP contribution in [0, 0.1) is 12.8 Å². The van der Waals surface area contributed by atoms with Gasteiger partial charge in [-0.1, -0.05) is 32.0 Å². The van der Waals surface area contributed by atoms with E-state index in [2.05, 4.69) is 52.6 Å². The smallest absolute Gasteiger partial charge is 0.230 e. The summed E-state index contributed by atoms with van der Waals surface area (Å²) < 4.78 is 2.43. The lowest BCUT2D eigenvalue weighted by atomic mass is 9.96. The van der Waals surface area contributed by atoms with Gasteiger partial charge in [0.1, 0.15) is 11.6 Å². The van der Waals surface area contributed by atoms with Crippen molar-refractivity contribution >= 4 is 11.6 Å². The van der Waals surface area contributed by atoms with Gasteiger partial charge in [0.2, 0.25) is 5.91 Å². The standard InChI is InChI=1S/C26H37N5O/c1-18(2)25-28-27-19(3)31(25)24-16-22-12-13-23(17-24)29(22)14-7-15-30(26(32)20-10-11-20)21-8-5-4-6-9-21/h4-6,8-9,18,20,22-24H,7,10-17H2,1-3H3/t22-,23+,24?. The number of amides is 1. The van der Waals surface area contributed by atoms with E-state index in [1.165, 1.54) is 25.7 Å². The minimum atomic E-state index is 0.254. The second kappa shape index (κ2) is 8.97. The Balaban J connectivity index is 1.22. The molecule has 32 heavy (non-hydrogen) atoms. The molecular formula is C26H37N5O. The molecule has 2 aliphatic heterocycles. The van der Waals surface area contributed by atoms with Gasteiger partial charge in [-0.05, 0) is 64.0 Å². The first kappa shape index (κ1) is 21.6. The van der Waals surface area contributed by atoms with Gasteiger partial charge < -0.3 is 9.47 Å². The highest BCUT2D eigenvalue weighted by Gasteiger charge is 2.42. The summed E-state index contributed by atoms with van der Waals surface area (Å²) in [5.41, 5.74) is 1.05. The normalized spacial score (nSPS) is 25.4. The fourth-order valence-corrected chi connectivity index (χ4v) is 5.99. The number of para-hydroxylation sites is 1. The van der Waals surface area contributed by atoms with Crippen molar-refractivity contribution < 1.29 is 4.79 Å². The van der Waals surface area contributed by atoms with Crippen LogP contribution in [0.5, 0.6) is 0 Å². The third-order valence-electron chi connectivity index (χ3n) is 7.69. The Hall–Kier alpha value is -2.21. The van der Waals surface area contributed by atoms with Crippen molar-refractivity contribution in [2.24, 2.45) is 5.92 Å². The molecule has 6 nitrogen and oxygen atoms in total. The minimum Gasteiger partial charge on any atom is -0.312 e. The zero-order valence-electron chi connectivity index (χ0n) is 19.8. The molecule has 5 rings (SSSR count). The van der Waals surface area contributed by atoms with E-state index in [0.29, 0.717) is 30.0 Å². The molecular weight excluding hydrogens is 398 g/mol. The first-order valence-electron chi connectivity index (χ1n) is 12.6. The Morgan fingerprint density at radius 3 is 2.34 bits per heavy atom. The zero-order valence-corrected chi connectivity index (χ0v) is 19.8. The van der Waals surface area contributed by atoms with Crippen LogP contribution in [0.1, 0.15) is 82.4 Å². The summed E-state index contributed by atoms with van der Waals surface area (Å²) in [5, 5.41) is 8.87. The number of hydrogen-bond donors (Lipinski definition) is 0. The highest BCUT2D eigenvalue weighted by molar-refractivity contribution is 5.96. The molecule has 3 aliphatic rings. The number of aromatic nitrogens is 3. The molecule has 3 atom stereocenters. The Kier molecular flexibility index (Phi) is 6.06. The number of carbonyl (C=O) groups excluding carboxylic acids is 1. The molecule has 1 saturated carbocycles. The summed E-state index contributed by atoms with van der Waals surface area (Å²) in [7, 11) is 0. The van der Waals surface area contributed by atoms with E-state index in [4.69, 9.17) is 0 Å². The molecule has 0 N–H and O–H groups in total. The van der Waals surface area contributed by atoms with Gasteiger partial charge >= 0.3 is 0 Å². The molecule has 1 aromatic heterocycles. The largest absolute Gasteiger partial charge is 0.312 e. The van der Waals surface area contributed by atoms with Crippen LogP contribution < -0.4 is 4.90 Å². The van der Waals surface area contributed by atoms with E-state index in [1.807, 2.05) is 23.1 Å². The van der Waals surface area contributed by atoms with Crippen LogP contribution >= 0.6 is 0 Å². The van der Waals surface area contributed by atoms with E-state index in [0.717, 1.165) is 49.7 Å². The number of fused-ring (bicyclic) bond motifs is 2. The minimum absolute atomic E-state index is 0.254. The van der Waals surface area contributed by atoms with Crippen LogP contribution in [0.25, 0.3) is 0 Å². The van der Waals surface area contributed by atoms with Gasteiger partial charge in [-0.25, -0.2) is 0 Å². The lowest BCUT2D eigenvalue weighted by molar-refractivity contribution is -0.119. The van der Waals surface area contributed by atoms with Crippen LogP contribution in [0.4, 0.5) is 5.69 Å². The Morgan fingerprint density at radius 2 is 1.72 bits per heavy atom. The van der Waals surface area contributed by atoms with Crippen LogP contribution in [0.3, 0.4) is 0 Å². The third kappa shape index (κ3) is 4.21. The van der Waals surface area contributed by atoms with Crippen molar-refractivity contribution in [2.75, 3.05) is 18.0 Å². The van der Waals surface area contributed by atoms with Crippen molar-refractivity contribution in [1.82, 2.24) is 19.7 Å². The summed E-state index contributed by atoms with van der Waals surface area (Å²) in [5.74, 6) is 3.17. The van der Waals surface area contributed by atoms with E-state index in [-0.39, 0.29) is 5.92 Å². The van der Waals surface area contributed by atoms with Gasteiger partial charge in [-0.3, -0.25) is 9.69 Å². The van der Waals surface area contributed by atoms with Crippen LogP contribution in [0.15, 0.2) is 30.3 Å². The second-order valence-electron chi connectivity index (χ2n) is 10.3. The molecule has 2 saturated heterocycles. The average molecular weight is 436 g/mol. The highest BCUT2D eigenvalue weighted by atomic mass is 16.2. The van der Waals surface area contributed by atoms with Gasteiger partial charge in [0.05, 0.1) is 0 Å². The fourth-order valence-electron chi connectivity index (χ4n) is 5.99. The Bertz CT molecular complexity index is 921. The molecule has 172 valence electrons. The van der Waals surface area contributed by atoms with E-state index in [1.54, 1.807) is 0 Å². The lowest BCUT2D eigenvalue weighted by Gasteiger charge is -2.40. The molecule has 1 amide bonds. The monoisotopic (exact) mass is 435 g/mol. The maximum atomic E-state index is 12.9. The van der Waals surface area contributed by atoms with Crippen molar-refractivity contribution in [3.63, 3.8) is 0 Å². The van der Waals surface area contributed by atoms with Crippen molar-refractivity contribution in [3.05, 3.63) is 42.0 Å². The molecule has 1 aliphatic carbocycles. The first-order chi connectivity index (χ1) is 15.5. The number of aryl methyl sites for hydroxylation is 1. The number of hydrogen-bond acceptors (Lipinski definition) is 4. The molecule has 2 bridgehead atoms. The highest BCUT2D eigenvalue weighted by Crippen LogP contribution is 2.42. The lowest BCUT2D eigenvalue weighted by Crippen LogP contribution is -2.45. The van der Waals surface area contributed by atoms with Crippen LogP contribution in [0.2, 0.25) is 0 Å². The molecule has 6 heteroatoms. The molecule has 2 aromatic rings. The van der Waals surface area contributed by atoms with Gasteiger partial charge in [0, 0.05) is 48.7 Å². The molecule has 3 fully saturated rings. The third-order valence-corrected chi connectivity index (χ3v) is 7.69. The topological polar surface area (TPSA) is 54.3 Å². The van der Waals surface area contributed by atoms with Gasteiger partial charge in [-0.2, -0.15) is 0 Å². The number of anilines is 1. The maximum absolute atomic E-state index is 12.9. The predicted octanol–water partition coefficient (Wildman–Crippen LogP) is 4.71. The summed E-state index contributed by atoms with van der Waals surface area (Å²) in [6.07, 6.45) is 8.12. The van der Waals surface area contributed by atoms with Gasteiger partial charge in [0.25, 0.3) is 0 Å². The van der Waals surface area contributed by atoms with E-state index in [9.17, 15) is 4.79 Å². The van der Waals surface area contributed by atoms with E-state index >= 15 is 0 Å². The van der Waals surface area contributed by atoms with Crippen molar-refractivity contribution in [2.45, 2.75) is 89.8 Å². The molecule has 1 unspecified atom stereocenters. The molecule has 1 aromatic carbocycles. The quantitative estimate of drug-likeness (QED) is 0.602. The fraction of sp³-hybridized carbons (Fsp3) is 0.654. The van der Waals surface area contributed by atoms with Crippen LogP contribution in [-0.4, -0.2) is 50.7 Å². The summed E-state index contributed by atoms with van der Waals surface area (Å²) >= 11 is 0. The van der Waals surface area contributed by atoms with Gasteiger partial charge in [0.15, 0.2) is 0 Å². The van der Waals surface area contributed by atoms with Gasteiger partial charge in [-0.15, -0.1) is 10.2 Å². The number of rotatable bonds is 8. The van der Waals surface area contributed by atoms with Crippen molar-refractivity contribution in [3.8, 4) is 0 Å². The molecule has 0 spiro atoms. The second-order valence-corrected chi connectivity index (χ2v) is 10.3. The average Bonchev–Trinajstić information content (AvgIpc) is 3.52. The number of nitrogens with zero attached hydrogens (tertiary/aromatic N) is 5. The zero-order chi connectivity index (χ0) is 22.2. The predicted molar refractivity (Wildman–Crippen MR) is 127 cm³/mol. The van der Waals surface area contributed by atoms with E-state index < -0.39 is 0 Å². The number of benzene rings is 1. The maximum Gasteiger partial charge on any atom is 0.230 e. The number of piperidine rings is 1. The number of carbonyl (C=O) groups is 1. The first-order valence-corrected chi connectivity index (χ1v) is 12.6.